The standard InChI is InChI=1S/C24H27N3O4/c1-3-4-14-31-24(29)21-10-5-6-11-22(21)27-23(28)19(16-25)17-26-13-12-18-8-7-9-20(15-18)30-2/h5-11,15,17,26H,3-4,12-14H2,1-2H3,(H,27,28)/b19-17-. The van der Waals surface area contributed by atoms with E-state index in [0.717, 1.165) is 24.2 Å². The number of benzene rings is 2. The van der Waals surface area contributed by atoms with Crippen molar-refractivity contribution in [3.63, 3.8) is 0 Å². The first-order valence-corrected chi connectivity index (χ1v) is 10.1. The van der Waals surface area contributed by atoms with Gasteiger partial charge in [0.05, 0.1) is 25.0 Å². The fourth-order valence-corrected chi connectivity index (χ4v) is 2.71. The summed E-state index contributed by atoms with van der Waals surface area (Å²) in [5.41, 5.74) is 1.51. The Bertz CT molecular complexity index is 963. The average molecular weight is 421 g/mol. The van der Waals surface area contributed by atoms with E-state index in [-0.39, 0.29) is 11.1 Å². The van der Waals surface area contributed by atoms with Crippen LogP contribution in [-0.2, 0) is 16.0 Å². The molecule has 0 saturated heterocycles. The highest BCUT2D eigenvalue weighted by Crippen LogP contribution is 2.17. The van der Waals surface area contributed by atoms with Crippen LogP contribution in [0, 0.1) is 11.3 Å². The third-order valence-electron chi connectivity index (χ3n) is 4.43. The number of ether oxygens (including phenoxy) is 2. The summed E-state index contributed by atoms with van der Waals surface area (Å²) < 4.78 is 10.4. The van der Waals surface area contributed by atoms with Crippen molar-refractivity contribution < 1.29 is 19.1 Å². The SMILES string of the molecule is CCCCOC(=O)c1ccccc1NC(=O)/C(C#N)=C\NCCc1cccc(OC)c1. The van der Waals surface area contributed by atoms with Crippen LogP contribution in [0.25, 0.3) is 0 Å². The maximum atomic E-state index is 12.5. The van der Waals surface area contributed by atoms with Gasteiger partial charge >= 0.3 is 5.97 Å². The molecule has 0 saturated carbocycles. The number of hydrogen-bond donors (Lipinski definition) is 2. The van der Waals surface area contributed by atoms with Crippen LogP contribution in [0.5, 0.6) is 5.75 Å². The number of amides is 1. The Morgan fingerprint density at radius 1 is 1.16 bits per heavy atom. The van der Waals surface area contributed by atoms with E-state index < -0.39 is 11.9 Å². The van der Waals surface area contributed by atoms with Crippen LogP contribution in [-0.4, -0.2) is 32.1 Å². The molecule has 0 heterocycles. The van der Waals surface area contributed by atoms with Crippen LogP contribution in [0.3, 0.4) is 0 Å². The van der Waals surface area contributed by atoms with Gasteiger partial charge in [0.25, 0.3) is 5.91 Å². The van der Waals surface area contributed by atoms with Crippen LogP contribution in [0.4, 0.5) is 5.69 Å². The lowest BCUT2D eigenvalue weighted by molar-refractivity contribution is -0.112. The van der Waals surface area contributed by atoms with Gasteiger partial charge in [0.1, 0.15) is 17.4 Å². The maximum Gasteiger partial charge on any atom is 0.340 e. The highest BCUT2D eigenvalue weighted by atomic mass is 16.5. The van der Waals surface area contributed by atoms with Crippen molar-refractivity contribution in [1.82, 2.24) is 5.32 Å². The first kappa shape index (κ1) is 23.5. The van der Waals surface area contributed by atoms with E-state index in [1.165, 1.54) is 6.20 Å². The molecule has 0 spiro atoms. The molecule has 0 fully saturated rings. The Kier molecular flexibility index (Phi) is 9.63. The van der Waals surface area contributed by atoms with E-state index in [1.807, 2.05) is 37.3 Å². The fourth-order valence-electron chi connectivity index (χ4n) is 2.71. The van der Waals surface area contributed by atoms with E-state index in [0.29, 0.717) is 25.3 Å². The predicted octanol–water partition coefficient (Wildman–Crippen LogP) is 3.83. The van der Waals surface area contributed by atoms with Crippen LogP contribution in [0.15, 0.2) is 60.3 Å². The lowest BCUT2D eigenvalue weighted by atomic mass is 10.1. The Balaban J connectivity index is 1.96. The summed E-state index contributed by atoms with van der Waals surface area (Å²) in [4.78, 5) is 24.8. The quantitative estimate of drug-likeness (QED) is 0.248. The van der Waals surface area contributed by atoms with Crippen molar-refractivity contribution in [2.75, 3.05) is 25.6 Å². The van der Waals surface area contributed by atoms with Gasteiger partial charge in [-0.1, -0.05) is 37.6 Å². The molecule has 2 rings (SSSR count). The van der Waals surface area contributed by atoms with E-state index >= 15 is 0 Å². The molecule has 0 atom stereocenters. The molecular formula is C24H27N3O4. The van der Waals surface area contributed by atoms with Crippen molar-refractivity contribution in [3.8, 4) is 11.8 Å². The zero-order chi connectivity index (χ0) is 22.5. The highest BCUT2D eigenvalue weighted by Gasteiger charge is 2.16. The molecule has 0 aliphatic carbocycles. The largest absolute Gasteiger partial charge is 0.497 e. The lowest BCUT2D eigenvalue weighted by Crippen LogP contribution is -2.19. The van der Waals surface area contributed by atoms with E-state index in [9.17, 15) is 14.9 Å². The van der Waals surface area contributed by atoms with Gasteiger partial charge in [-0.15, -0.1) is 0 Å². The van der Waals surface area contributed by atoms with Crippen LogP contribution in [0.1, 0.15) is 35.7 Å². The molecular weight excluding hydrogens is 394 g/mol. The van der Waals surface area contributed by atoms with Gasteiger partial charge in [0, 0.05) is 12.7 Å². The zero-order valence-electron chi connectivity index (χ0n) is 17.8. The van der Waals surface area contributed by atoms with Gasteiger partial charge in [-0.25, -0.2) is 4.79 Å². The first-order valence-electron chi connectivity index (χ1n) is 10.1. The number of carbonyl (C=O) groups is 2. The number of rotatable bonds is 11. The smallest absolute Gasteiger partial charge is 0.340 e. The second-order valence-corrected chi connectivity index (χ2v) is 6.71. The van der Waals surface area contributed by atoms with E-state index in [1.54, 1.807) is 31.4 Å². The molecule has 2 aromatic carbocycles. The summed E-state index contributed by atoms with van der Waals surface area (Å²) in [5.74, 6) is -0.342. The number of nitriles is 1. The number of unbranched alkanes of at least 4 members (excludes halogenated alkanes) is 1. The van der Waals surface area contributed by atoms with Gasteiger partial charge < -0.3 is 20.1 Å². The Labute approximate surface area is 182 Å². The van der Waals surface area contributed by atoms with Crippen LogP contribution in [0.2, 0.25) is 0 Å². The molecule has 0 aliphatic heterocycles. The van der Waals surface area contributed by atoms with Gasteiger partial charge in [-0.05, 0) is 42.7 Å². The molecule has 0 bridgehead atoms. The van der Waals surface area contributed by atoms with Gasteiger partial charge in [-0.2, -0.15) is 5.26 Å². The summed E-state index contributed by atoms with van der Waals surface area (Å²) in [6.07, 6.45) is 3.74. The Morgan fingerprint density at radius 3 is 2.71 bits per heavy atom. The molecule has 1 amide bonds. The normalized spacial score (nSPS) is 10.7. The monoisotopic (exact) mass is 421 g/mol. The van der Waals surface area contributed by atoms with Crippen molar-refractivity contribution >= 4 is 17.6 Å². The Morgan fingerprint density at radius 2 is 1.97 bits per heavy atom. The number of anilines is 1. The zero-order valence-corrected chi connectivity index (χ0v) is 17.8. The van der Waals surface area contributed by atoms with E-state index in [2.05, 4.69) is 10.6 Å². The maximum absolute atomic E-state index is 12.5. The lowest BCUT2D eigenvalue weighted by Gasteiger charge is -2.10. The molecule has 0 unspecified atom stereocenters. The molecule has 0 radical (unpaired) electrons. The predicted molar refractivity (Wildman–Crippen MR) is 119 cm³/mol. The van der Waals surface area contributed by atoms with Gasteiger partial charge in [0.15, 0.2) is 0 Å². The molecule has 0 aliphatic rings. The Hall–Kier alpha value is -3.79. The molecule has 31 heavy (non-hydrogen) atoms. The third kappa shape index (κ3) is 7.52. The number of nitrogens with one attached hydrogen (secondary N) is 2. The summed E-state index contributed by atoms with van der Waals surface area (Å²) in [7, 11) is 1.61. The minimum absolute atomic E-state index is 0.0974. The van der Waals surface area contributed by atoms with E-state index in [4.69, 9.17) is 9.47 Å². The van der Waals surface area contributed by atoms with Gasteiger partial charge in [0.2, 0.25) is 0 Å². The van der Waals surface area contributed by atoms with Gasteiger partial charge in [-0.3, -0.25) is 4.79 Å². The van der Waals surface area contributed by atoms with Crippen LogP contribution < -0.4 is 15.4 Å². The number of para-hydroxylation sites is 1. The second-order valence-electron chi connectivity index (χ2n) is 6.71. The number of carbonyl (C=O) groups excluding carboxylic acids is 2. The molecule has 2 N–H and O–H groups in total. The topological polar surface area (TPSA) is 100 Å². The second kappa shape index (κ2) is 12.7. The van der Waals surface area contributed by atoms with Crippen molar-refractivity contribution in [1.29, 1.82) is 5.26 Å². The molecule has 162 valence electrons. The average Bonchev–Trinajstić information content (AvgIpc) is 2.79. The summed E-state index contributed by atoms with van der Waals surface area (Å²) in [6, 6.07) is 16.1. The fraction of sp³-hybridized carbons (Fsp3) is 0.292. The molecule has 0 aromatic heterocycles. The molecule has 7 nitrogen and oxygen atoms in total. The summed E-state index contributed by atoms with van der Waals surface area (Å²) in [5, 5.41) is 15.0. The van der Waals surface area contributed by atoms with Crippen molar-refractivity contribution in [3.05, 3.63) is 71.4 Å². The highest BCUT2D eigenvalue weighted by molar-refractivity contribution is 6.09. The first-order chi connectivity index (χ1) is 15.1. The number of nitrogens with zero attached hydrogens (tertiary/aromatic N) is 1. The minimum atomic E-state index is -0.606. The number of esters is 1. The number of hydrogen-bond acceptors (Lipinski definition) is 6. The molecule has 7 heteroatoms. The molecule has 2 aromatic rings. The summed E-state index contributed by atoms with van der Waals surface area (Å²) >= 11 is 0. The van der Waals surface area contributed by atoms with Crippen molar-refractivity contribution in [2.24, 2.45) is 0 Å². The third-order valence-corrected chi connectivity index (χ3v) is 4.43. The minimum Gasteiger partial charge on any atom is -0.497 e. The van der Waals surface area contributed by atoms with Crippen LogP contribution >= 0.6 is 0 Å². The van der Waals surface area contributed by atoms with Crippen molar-refractivity contribution in [2.45, 2.75) is 26.2 Å². The number of methoxy groups -OCH3 is 1. The summed E-state index contributed by atoms with van der Waals surface area (Å²) in [6.45, 7) is 2.85.